The molecule has 2 atom stereocenters. The Kier molecular flexibility index (Phi) is 7.67. The Bertz CT molecular complexity index is 826. The van der Waals surface area contributed by atoms with Crippen molar-refractivity contribution in [3.05, 3.63) is 29.8 Å². The van der Waals surface area contributed by atoms with Crippen LogP contribution >= 0.6 is 0 Å². The minimum absolute atomic E-state index is 0.119. The molecular weight excluding hydrogens is 404 g/mol. The minimum atomic E-state index is -1.67. The van der Waals surface area contributed by atoms with Gasteiger partial charge in [-0.05, 0) is 12.1 Å². The van der Waals surface area contributed by atoms with E-state index < -0.39 is 47.6 Å². The smallest absolute Gasteiger partial charge is 0.303 e. The predicted octanol–water partition coefficient (Wildman–Crippen LogP) is 0.223. The van der Waals surface area contributed by atoms with Crippen molar-refractivity contribution in [3.63, 3.8) is 0 Å². The first kappa shape index (κ1) is 23.0. The third kappa shape index (κ3) is 5.65. The zero-order chi connectivity index (χ0) is 22.4. The topological polar surface area (TPSA) is 105 Å². The summed E-state index contributed by atoms with van der Waals surface area (Å²) in [5, 5.41) is 2.26. The second kappa shape index (κ2) is 9.99. The Labute approximate surface area is 171 Å². The summed E-state index contributed by atoms with van der Waals surface area (Å²) >= 11 is 0. The summed E-state index contributed by atoms with van der Waals surface area (Å²) in [5.74, 6) is -4.61. The molecule has 164 valence electrons. The van der Waals surface area contributed by atoms with Crippen molar-refractivity contribution >= 4 is 29.4 Å². The number of anilines is 1. The van der Waals surface area contributed by atoms with Crippen molar-refractivity contribution < 1.29 is 37.4 Å². The van der Waals surface area contributed by atoms with E-state index in [0.29, 0.717) is 0 Å². The average Bonchev–Trinajstić information content (AvgIpc) is 2.69. The quantitative estimate of drug-likeness (QED) is 0.648. The highest BCUT2D eigenvalue weighted by atomic mass is 19.1. The van der Waals surface area contributed by atoms with Gasteiger partial charge in [0.05, 0.1) is 5.69 Å². The van der Waals surface area contributed by atoms with E-state index in [1.807, 2.05) is 0 Å². The van der Waals surface area contributed by atoms with Gasteiger partial charge in [-0.2, -0.15) is 0 Å². The number of halogens is 2. The molecule has 1 fully saturated rings. The molecule has 1 aromatic rings. The van der Waals surface area contributed by atoms with Crippen LogP contribution in [0.1, 0.15) is 13.8 Å². The molecule has 0 aliphatic carbocycles. The molecule has 0 aromatic heterocycles. The van der Waals surface area contributed by atoms with Gasteiger partial charge in [0, 0.05) is 53.1 Å². The van der Waals surface area contributed by atoms with E-state index in [0.717, 1.165) is 26.0 Å². The normalized spacial score (nSPS) is 15.8. The molecule has 2 rings (SSSR count). The fourth-order valence-corrected chi connectivity index (χ4v) is 3.08. The Morgan fingerprint density at radius 2 is 1.53 bits per heavy atom. The van der Waals surface area contributed by atoms with Crippen molar-refractivity contribution in [3.8, 4) is 0 Å². The first-order chi connectivity index (χ1) is 14.1. The molecule has 0 saturated carbocycles. The first-order valence-electron chi connectivity index (χ1n) is 9.18. The number of carbonyl (C=O) groups is 4. The fraction of sp³-hybridized carbons (Fsp3) is 0.474. The summed E-state index contributed by atoms with van der Waals surface area (Å²) in [7, 11) is 1.28. The Morgan fingerprint density at radius 3 is 2.03 bits per heavy atom. The monoisotopic (exact) mass is 427 g/mol. The van der Waals surface area contributed by atoms with Gasteiger partial charge in [-0.15, -0.1) is 0 Å². The molecule has 1 heterocycles. The van der Waals surface area contributed by atoms with E-state index in [4.69, 9.17) is 9.47 Å². The number of likely N-dealkylation sites (N-methyl/N-ethyl adjacent to an activating group) is 1. The van der Waals surface area contributed by atoms with Crippen LogP contribution in [-0.2, 0) is 28.7 Å². The van der Waals surface area contributed by atoms with Crippen LogP contribution in [0.15, 0.2) is 18.2 Å². The molecule has 0 bridgehead atoms. The molecule has 1 aromatic carbocycles. The number of esters is 2. The highest BCUT2D eigenvalue weighted by Gasteiger charge is 2.41. The summed E-state index contributed by atoms with van der Waals surface area (Å²) in [6.45, 7) is 2.80. The third-order valence-corrected chi connectivity index (χ3v) is 4.45. The molecule has 30 heavy (non-hydrogen) atoms. The first-order valence-corrected chi connectivity index (χ1v) is 9.18. The van der Waals surface area contributed by atoms with E-state index in [1.54, 1.807) is 4.90 Å². The number of ether oxygens (including phenoxy) is 2. The van der Waals surface area contributed by atoms with Crippen molar-refractivity contribution in [1.29, 1.82) is 0 Å². The van der Waals surface area contributed by atoms with Crippen LogP contribution in [0.25, 0.3) is 0 Å². The molecule has 1 N–H and O–H groups in total. The van der Waals surface area contributed by atoms with Crippen LogP contribution in [0.3, 0.4) is 0 Å². The van der Waals surface area contributed by atoms with Gasteiger partial charge in [-0.1, -0.05) is 0 Å². The Morgan fingerprint density at radius 1 is 0.967 bits per heavy atom. The summed E-state index contributed by atoms with van der Waals surface area (Å²) in [4.78, 5) is 50.9. The Hall–Kier alpha value is -3.24. The number of rotatable bonds is 6. The molecule has 11 heteroatoms. The zero-order valence-electron chi connectivity index (χ0n) is 16.8. The average molecular weight is 427 g/mol. The van der Waals surface area contributed by atoms with Crippen LogP contribution < -0.4 is 10.2 Å². The maximum absolute atomic E-state index is 14.0. The van der Waals surface area contributed by atoms with Gasteiger partial charge in [0.1, 0.15) is 11.6 Å². The molecule has 9 nitrogen and oxygen atoms in total. The standard InChI is InChI=1S/C19H23F2N3O6/c1-11(25)29-16(18(27)22-3)17(30-12(2)26)19(28)24-8-6-23(7-9-24)15-5-4-13(20)10-14(15)21/h4-5,10,16-17H,6-9H2,1-3H3,(H,22,27)/t16-,17-/m1/s1. The number of nitrogens with zero attached hydrogens (tertiary/aromatic N) is 2. The summed E-state index contributed by atoms with van der Waals surface area (Å²) in [6, 6.07) is 3.22. The van der Waals surface area contributed by atoms with Crippen molar-refractivity contribution in [2.24, 2.45) is 0 Å². The largest absolute Gasteiger partial charge is 0.448 e. The van der Waals surface area contributed by atoms with Crippen molar-refractivity contribution in [1.82, 2.24) is 10.2 Å². The van der Waals surface area contributed by atoms with Crippen LogP contribution in [0.2, 0.25) is 0 Å². The second-order valence-corrected chi connectivity index (χ2v) is 6.58. The summed E-state index contributed by atoms with van der Waals surface area (Å²) in [5.41, 5.74) is 0.197. The molecule has 0 radical (unpaired) electrons. The van der Waals surface area contributed by atoms with E-state index in [9.17, 15) is 28.0 Å². The SMILES string of the molecule is CNC(=O)[C@H](OC(C)=O)[C@@H](OC(C)=O)C(=O)N1CCN(c2ccc(F)cc2F)CC1. The second-order valence-electron chi connectivity index (χ2n) is 6.58. The molecule has 1 aliphatic rings. The third-order valence-electron chi connectivity index (χ3n) is 4.45. The Balaban J connectivity index is 2.15. The highest BCUT2D eigenvalue weighted by Crippen LogP contribution is 2.22. The van der Waals surface area contributed by atoms with Crippen LogP contribution in [0.5, 0.6) is 0 Å². The maximum Gasteiger partial charge on any atom is 0.303 e. The number of benzene rings is 1. The predicted molar refractivity (Wildman–Crippen MR) is 100 cm³/mol. The van der Waals surface area contributed by atoms with Gasteiger partial charge < -0.3 is 24.6 Å². The molecule has 2 amide bonds. The maximum atomic E-state index is 14.0. The lowest BCUT2D eigenvalue weighted by Gasteiger charge is -2.38. The van der Waals surface area contributed by atoms with Gasteiger partial charge in [0.25, 0.3) is 11.8 Å². The molecular formula is C19H23F2N3O6. The zero-order valence-corrected chi connectivity index (χ0v) is 16.8. The van der Waals surface area contributed by atoms with Gasteiger partial charge in [0.2, 0.25) is 12.2 Å². The van der Waals surface area contributed by atoms with Crippen LogP contribution in [0, 0.1) is 11.6 Å². The van der Waals surface area contributed by atoms with E-state index >= 15 is 0 Å². The van der Waals surface area contributed by atoms with Crippen LogP contribution in [-0.4, -0.2) is 74.1 Å². The van der Waals surface area contributed by atoms with Crippen molar-refractivity contribution in [2.45, 2.75) is 26.1 Å². The number of hydrogen-bond donors (Lipinski definition) is 1. The van der Waals surface area contributed by atoms with Crippen LogP contribution in [0.4, 0.5) is 14.5 Å². The van der Waals surface area contributed by atoms with E-state index in [2.05, 4.69) is 5.32 Å². The van der Waals surface area contributed by atoms with Gasteiger partial charge >= 0.3 is 11.9 Å². The summed E-state index contributed by atoms with van der Waals surface area (Å²) < 4.78 is 37.1. The fourth-order valence-electron chi connectivity index (χ4n) is 3.08. The summed E-state index contributed by atoms with van der Waals surface area (Å²) in [6.07, 6.45) is -3.32. The molecule has 1 aliphatic heterocycles. The number of carbonyl (C=O) groups excluding carboxylic acids is 4. The number of nitrogens with one attached hydrogen (secondary N) is 1. The number of piperazine rings is 1. The number of hydrogen-bond acceptors (Lipinski definition) is 7. The lowest BCUT2D eigenvalue weighted by molar-refractivity contribution is -0.178. The van der Waals surface area contributed by atoms with Gasteiger partial charge in [-0.3, -0.25) is 19.2 Å². The molecule has 0 spiro atoms. The van der Waals surface area contributed by atoms with E-state index in [1.165, 1.54) is 18.0 Å². The van der Waals surface area contributed by atoms with Gasteiger partial charge in [-0.25, -0.2) is 8.78 Å². The van der Waals surface area contributed by atoms with Crippen molar-refractivity contribution in [2.75, 3.05) is 38.1 Å². The molecule has 1 saturated heterocycles. The highest BCUT2D eigenvalue weighted by molar-refractivity contribution is 5.93. The van der Waals surface area contributed by atoms with E-state index in [-0.39, 0.29) is 31.9 Å². The number of amides is 2. The lowest BCUT2D eigenvalue weighted by Crippen LogP contribution is -2.57. The lowest BCUT2D eigenvalue weighted by atomic mass is 10.1. The molecule has 0 unspecified atom stereocenters. The minimum Gasteiger partial charge on any atom is -0.448 e. The van der Waals surface area contributed by atoms with Gasteiger partial charge in [0.15, 0.2) is 0 Å².